The zero-order chi connectivity index (χ0) is 17.9. The molecule has 0 atom stereocenters. The molecule has 1 amide bonds. The monoisotopic (exact) mass is 346 g/mol. The summed E-state index contributed by atoms with van der Waals surface area (Å²) in [5, 5.41) is 0. The van der Waals surface area contributed by atoms with Gasteiger partial charge >= 0.3 is 0 Å². The number of nitrogens with zero attached hydrogens (tertiary/aromatic N) is 3. The Balaban J connectivity index is 1.53. The van der Waals surface area contributed by atoms with Gasteiger partial charge in [-0.3, -0.25) is 9.69 Å². The summed E-state index contributed by atoms with van der Waals surface area (Å²) in [6, 6.07) is 3.76. The molecule has 5 nitrogen and oxygen atoms in total. The van der Waals surface area contributed by atoms with Gasteiger partial charge in [-0.05, 0) is 36.5 Å². The molecule has 0 saturated carbocycles. The Labute approximate surface area is 148 Å². The molecule has 6 heteroatoms. The average Bonchev–Trinajstić information content (AvgIpc) is 2.63. The van der Waals surface area contributed by atoms with Crippen molar-refractivity contribution in [3.8, 4) is 0 Å². The number of nitrogen functional groups attached to an aromatic ring is 1. The van der Waals surface area contributed by atoms with Crippen LogP contribution in [0.4, 0.5) is 10.2 Å². The average molecular weight is 346 g/mol. The number of pyridine rings is 1. The number of piperidine rings is 2. The number of rotatable bonds is 4. The van der Waals surface area contributed by atoms with E-state index < -0.39 is 5.67 Å². The third-order valence-corrected chi connectivity index (χ3v) is 5.44. The van der Waals surface area contributed by atoms with Crippen LogP contribution in [0.15, 0.2) is 31.0 Å². The summed E-state index contributed by atoms with van der Waals surface area (Å²) in [7, 11) is 0. The summed E-state index contributed by atoms with van der Waals surface area (Å²) >= 11 is 0. The van der Waals surface area contributed by atoms with Crippen LogP contribution < -0.4 is 5.73 Å². The SMILES string of the molecule is C=CC1CCN(C(=O)C2(F)CCN(Cc3ccnc(N)c3)CC2)CC1. The maximum atomic E-state index is 15.2. The molecule has 0 unspecified atom stereocenters. The lowest BCUT2D eigenvalue weighted by Gasteiger charge is -2.40. The Hall–Kier alpha value is -1.95. The molecule has 136 valence electrons. The third kappa shape index (κ3) is 4.18. The van der Waals surface area contributed by atoms with Crippen molar-refractivity contribution in [3.63, 3.8) is 0 Å². The van der Waals surface area contributed by atoms with E-state index in [1.165, 1.54) is 0 Å². The fraction of sp³-hybridized carbons (Fsp3) is 0.579. The first-order valence-electron chi connectivity index (χ1n) is 9.04. The first kappa shape index (κ1) is 17.9. The number of carbonyl (C=O) groups excluding carboxylic acids is 1. The zero-order valence-corrected chi connectivity index (χ0v) is 14.7. The fourth-order valence-electron chi connectivity index (χ4n) is 3.75. The van der Waals surface area contributed by atoms with Gasteiger partial charge < -0.3 is 10.6 Å². The van der Waals surface area contributed by atoms with Crippen LogP contribution in [-0.4, -0.2) is 52.5 Å². The maximum absolute atomic E-state index is 15.2. The number of anilines is 1. The van der Waals surface area contributed by atoms with E-state index in [1.54, 1.807) is 11.1 Å². The minimum atomic E-state index is -1.71. The van der Waals surface area contributed by atoms with Crippen molar-refractivity contribution < 1.29 is 9.18 Å². The molecule has 1 aromatic heterocycles. The van der Waals surface area contributed by atoms with E-state index in [2.05, 4.69) is 16.5 Å². The Morgan fingerprint density at radius 3 is 2.64 bits per heavy atom. The second-order valence-electron chi connectivity index (χ2n) is 7.20. The third-order valence-electron chi connectivity index (χ3n) is 5.44. The van der Waals surface area contributed by atoms with E-state index in [0.717, 1.165) is 18.4 Å². The molecule has 2 fully saturated rings. The van der Waals surface area contributed by atoms with E-state index in [4.69, 9.17) is 5.73 Å². The van der Waals surface area contributed by atoms with Crippen molar-refractivity contribution in [2.45, 2.75) is 37.9 Å². The van der Waals surface area contributed by atoms with Crippen molar-refractivity contribution in [2.75, 3.05) is 31.9 Å². The standard InChI is InChI=1S/C19H27FN4O/c1-2-15-4-9-24(10-5-15)18(25)19(20)6-11-23(12-7-19)14-16-3-8-22-17(21)13-16/h2-3,8,13,15H,1,4-7,9-12,14H2,(H2,21,22). The quantitative estimate of drug-likeness (QED) is 0.851. The van der Waals surface area contributed by atoms with Crippen molar-refractivity contribution in [1.82, 2.24) is 14.8 Å². The van der Waals surface area contributed by atoms with E-state index in [-0.39, 0.29) is 18.7 Å². The molecule has 2 saturated heterocycles. The van der Waals surface area contributed by atoms with Crippen LogP contribution in [0.3, 0.4) is 0 Å². The van der Waals surface area contributed by atoms with Crippen molar-refractivity contribution in [1.29, 1.82) is 0 Å². The summed E-state index contributed by atoms with van der Waals surface area (Å²) in [6.45, 7) is 6.96. The van der Waals surface area contributed by atoms with Gasteiger partial charge in [-0.15, -0.1) is 6.58 Å². The number of halogens is 1. The number of alkyl halides is 1. The van der Waals surface area contributed by atoms with E-state index in [1.807, 2.05) is 18.2 Å². The highest BCUT2D eigenvalue weighted by atomic mass is 19.1. The van der Waals surface area contributed by atoms with Gasteiger partial charge in [0, 0.05) is 51.8 Å². The summed E-state index contributed by atoms with van der Waals surface area (Å²) in [5.41, 5.74) is 5.06. The lowest BCUT2D eigenvalue weighted by atomic mass is 9.89. The Morgan fingerprint density at radius 2 is 2.04 bits per heavy atom. The highest BCUT2D eigenvalue weighted by Crippen LogP contribution is 2.31. The molecule has 0 aliphatic carbocycles. The van der Waals surface area contributed by atoms with Crippen LogP contribution in [0, 0.1) is 5.92 Å². The summed E-state index contributed by atoms with van der Waals surface area (Å²) in [4.78, 5) is 20.5. The molecule has 2 N–H and O–H groups in total. The number of hydrogen-bond donors (Lipinski definition) is 1. The van der Waals surface area contributed by atoms with Gasteiger partial charge in [0.15, 0.2) is 5.67 Å². The predicted octanol–water partition coefficient (Wildman–Crippen LogP) is 2.39. The van der Waals surface area contributed by atoms with Crippen LogP contribution in [0.25, 0.3) is 0 Å². The first-order chi connectivity index (χ1) is 12.0. The van der Waals surface area contributed by atoms with Crippen LogP contribution in [0.1, 0.15) is 31.2 Å². The highest BCUT2D eigenvalue weighted by molar-refractivity contribution is 5.85. The van der Waals surface area contributed by atoms with Crippen molar-refractivity contribution in [2.24, 2.45) is 5.92 Å². The fourth-order valence-corrected chi connectivity index (χ4v) is 3.75. The van der Waals surface area contributed by atoms with Gasteiger partial charge in [0.05, 0.1) is 0 Å². The lowest BCUT2D eigenvalue weighted by molar-refractivity contribution is -0.148. The molecule has 0 radical (unpaired) electrons. The largest absolute Gasteiger partial charge is 0.384 e. The molecule has 0 spiro atoms. The second kappa shape index (κ2) is 7.52. The number of allylic oxidation sites excluding steroid dienone is 1. The predicted molar refractivity (Wildman–Crippen MR) is 96.5 cm³/mol. The maximum Gasteiger partial charge on any atom is 0.260 e. The highest BCUT2D eigenvalue weighted by Gasteiger charge is 2.44. The van der Waals surface area contributed by atoms with Gasteiger partial charge in [0.1, 0.15) is 5.82 Å². The summed E-state index contributed by atoms with van der Waals surface area (Å²) < 4.78 is 15.2. The van der Waals surface area contributed by atoms with Crippen LogP contribution in [0.5, 0.6) is 0 Å². The van der Waals surface area contributed by atoms with E-state index in [9.17, 15) is 4.79 Å². The molecule has 0 bridgehead atoms. The summed E-state index contributed by atoms with van der Waals surface area (Å²) in [6.07, 6.45) is 5.92. The van der Waals surface area contributed by atoms with Crippen molar-refractivity contribution in [3.05, 3.63) is 36.5 Å². The zero-order valence-electron chi connectivity index (χ0n) is 14.7. The molecule has 2 aliphatic rings. The second-order valence-corrected chi connectivity index (χ2v) is 7.20. The van der Waals surface area contributed by atoms with Crippen LogP contribution in [0.2, 0.25) is 0 Å². The topological polar surface area (TPSA) is 62.5 Å². The number of hydrogen-bond acceptors (Lipinski definition) is 4. The number of amides is 1. The van der Waals surface area contributed by atoms with Crippen LogP contribution >= 0.6 is 0 Å². The van der Waals surface area contributed by atoms with Gasteiger partial charge in [-0.25, -0.2) is 9.37 Å². The smallest absolute Gasteiger partial charge is 0.260 e. The molecular formula is C19H27FN4O. The van der Waals surface area contributed by atoms with E-state index >= 15 is 4.39 Å². The molecular weight excluding hydrogens is 319 g/mol. The Morgan fingerprint density at radius 1 is 1.36 bits per heavy atom. The van der Waals surface area contributed by atoms with Gasteiger partial charge in [0.25, 0.3) is 5.91 Å². The molecule has 2 aliphatic heterocycles. The van der Waals surface area contributed by atoms with Gasteiger partial charge in [-0.1, -0.05) is 6.08 Å². The number of carbonyl (C=O) groups is 1. The van der Waals surface area contributed by atoms with Crippen molar-refractivity contribution >= 4 is 11.7 Å². The van der Waals surface area contributed by atoms with Gasteiger partial charge in [-0.2, -0.15) is 0 Å². The number of likely N-dealkylation sites (tertiary alicyclic amines) is 2. The molecule has 3 rings (SSSR count). The normalized spacial score (nSPS) is 21.9. The lowest BCUT2D eigenvalue weighted by Crippen LogP contribution is -2.53. The Bertz CT molecular complexity index is 620. The molecule has 1 aromatic rings. The number of aromatic nitrogens is 1. The molecule has 25 heavy (non-hydrogen) atoms. The first-order valence-corrected chi connectivity index (χ1v) is 9.04. The summed E-state index contributed by atoms with van der Waals surface area (Å²) in [5.74, 6) is 0.629. The minimum absolute atomic E-state index is 0.258. The molecule has 0 aromatic carbocycles. The molecule has 3 heterocycles. The van der Waals surface area contributed by atoms with Gasteiger partial charge in [0.2, 0.25) is 0 Å². The van der Waals surface area contributed by atoms with E-state index in [0.29, 0.717) is 44.5 Å². The number of nitrogens with two attached hydrogens (primary N) is 1. The van der Waals surface area contributed by atoms with Crippen LogP contribution in [-0.2, 0) is 11.3 Å². The minimum Gasteiger partial charge on any atom is -0.384 e. The Kier molecular flexibility index (Phi) is 5.37.